The summed E-state index contributed by atoms with van der Waals surface area (Å²) in [5.74, 6) is 0. The van der Waals surface area contributed by atoms with Gasteiger partial charge in [0.15, 0.2) is 0 Å². The molecule has 0 aliphatic heterocycles. The Labute approximate surface area is 93.0 Å². The third kappa shape index (κ3) is 7.73. The molecule has 0 saturated heterocycles. The zero-order valence-electron chi connectivity index (χ0n) is 10.2. The second kappa shape index (κ2) is 9.09. The van der Waals surface area contributed by atoms with Gasteiger partial charge in [-0.05, 0) is 26.8 Å². The molecule has 0 fully saturated rings. The van der Waals surface area contributed by atoms with E-state index in [-0.39, 0.29) is 12.1 Å². The van der Waals surface area contributed by atoms with Gasteiger partial charge in [0, 0.05) is 6.61 Å². The van der Waals surface area contributed by atoms with E-state index in [2.05, 4.69) is 12.2 Å². The highest BCUT2D eigenvalue weighted by Crippen LogP contribution is 2.03. The van der Waals surface area contributed by atoms with Gasteiger partial charge in [0.1, 0.15) is 0 Å². The number of rotatable bonds is 10. The van der Waals surface area contributed by atoms with Gasteiger partial charge in [0.25, 0.3) is 0 Å². The van der Waals surface area contributed by atoms with Crippen molar-refractivity contribution in [3.8, 4) is 0 Å². The highest BCUT2D eigenvalue weighted by Gasteiger charge is 2.22. The smallest absolute Gasteiger partial charge is 0.0701 e. The summed E-state index contributed by atoms with van der Waals surface area (Å²) in [5.41, 5.74) is -0.331. The van der Waals surface area contributed by atoms with Gasteiger partial charge < -0.3 is 19.9 Å². The van der Waals surface area contributed by atoms with E-state index < -0.39 is 0 Å². The molecule has 0 amide bonds. The highest BCUT2D eigenvalue weighted by molar-refractivity contribution is 4.81. The molecule has 0 aromatic rings. The molecule has 0 rings (SSSR count). The first-order valence-corrected chi connectivity index (χ1v) is 5.70. The van der Waals surface area contributed by atoms with Crippen molar-refractivity contribution in [2.75, 3.05) is 39.6 Å². The van der Waals surface area contributed by atoms with Gasteiger partial charge >= 0.3 is 0 Å². The van der Waals surface area contributed by atoms with Crippen molar-refractivity contribution in [2.45, 2.75) is 32.7 Å². The van der Waals surface area contributed by atoms with Gasteiger partial charge in [0.2, 0.25) is 0 Å². The molecular formula is C11H25NO3. The zero-order valence-corrected chi connectivity index (χ0v) is 10.2. The molecule has 1 unspecified atom stereocenters. The summed E-state index contributed by atoms with van der Waals surface area (Å²) in [5, 5.41) is 12.5. The van der Waals surface area contributed by atoms with Crippen LogP contribution in [0.2, 0.25) is 0 Å². The van der Waals surface area contributed by atoms with E-state index in [1.54, 1.807) is 0 Å². The molecule has 0 bridgehead atoms. The van der Waals surface area contributed by atoms with Crippen LogP contribution in [0.5, 0.6) is 0 Å². The van der Waals surface area contributed by atoms with E-state index in [0.717, 1.165) is 13.0 Å². The Morgan fingerprint density at radius 1 is 1.20 bits per heavy atom. The van der Waals surface area contributed by atoms with Crippen molar-refractivity contribution in [1.29, 1.82) is 0 Å². The molecule has 4 nitrogen and oxygen atoms in total. The van der Waals surface area contributed by atoms with Crippen LogP contribution in [-0.4, -0.2) is 50.2 Å². The molecule has 0 aliphatic rings. The van der Waals surface area contributed by atoms with Gasteiger partial charge in [-0.15, -0.1) is 0 Å². The van der Waals surface area contributed by atoms with Crippen LogP contribution >= 0.6 is 0 Å². The van der Waals surface area contributed by atoms with E-state index >= 15 is 0 Å². The van der Waals surface area contributed by atoms with Gasteiger partial charge in [-0.25, -0.2) is 0 Å². The van der Waals surface area contributed by atoms with Crippen molar-refractivity contribution in [3.05, 3.63) is 0 Å². The lowest BCUT2D eigenvalue weighted by atomic mass is 10.1. The maximum absolute atomic E-state index is 9.24. The molecule has 2 N–H and O–H groups in total. The molecule has 0 spiro atoms. The maximum Gasteiger partial charge on any atom is 0.0701 e. The highest BCUT2D eigenvalue weighted by atomic mass is 16.5. The maximum atomic E-state index is 9.24. The SMILES string of the molecule is CCCNC(C)(CO)COCCOCC. The second-order valence-electron chi connectivity index (χ2n) is 3.90. The summed E-state index contributed by atoms with van der Waals surface area (Å²) in [6, 6.07) is 0. The van der Waals surface area contributed by atoms with Crippen LogP contribution < -0.4 is 5.32 Å². The average Bonchev–Trinajstić information content (AvgIpc) is 2.26. The predicted molar refractivity (Wildman–Crippen MR) is 61.1 cm³/mol. The second-order valence-corrected chi connectivity index (χ2v) is 3.90. The van der Waals surface area contributed by atoms with Crippen LogP contribution in [0.1, 0.15) is 27.2 Å². The average molecular weight is 219 g/mol. The first kappa shape index (κ1) is 14.8. The fraction of sp³-hybridized carbons (Fsp3) is 1.00. The quantitative estimate of drug-likeness (QED) is 0.533. The van der Waals surface area contributed by atoms with Gasteiger partial charge in [-0.1, -0.05) is 6.92 Å². The minimum atomic E-state index is -0.331. The van der Waals surface area contributed by atoms with Crippen LogP contribution in [0, 0.1) is 0 Å². The minimum Gasteiger partial charge on any atom is -0.394 e. The molecular weight excluding hydrogens is 194 g/mol. The van der Waals surface area contributed by atoms with Crippen molar-refractivity contribution in [2.24, 2.45) is 0 Å². The molecule has 15 heavy (non-hydrogen) atoms. The summed E-state index contributed by atoms with van der Waals surface area (Å²) in [6.45, 7) is 9.42. The molecule has 0 saturated carbocycles. The van der Waals surface area contributed by atoms with Crippen LogP contribution in [0.4, 0.5) is 0 Å². The van der Waals surface area contributed by atoms with E-state index in [9.17, 15) is 5.11 Å². The number of hydrogen-bond acceptors (Lipinski definition) is 4. The van der Waals surface area contributed by atoms with Gasteiger partial charge in [-0.3, -0.25) is 0 Å². The number of hydrogen-bond donors (Lipinski definition) is 2. The topological polar surface area (TPSA) is 50.7 Å². The largest absolute Gasteiger partial charge is 0.394 e. The summed E-state index contributed by atoms with van der Waals surface area (Å²) >= 11 is 0. The van der Waals surface area contributed by atoms with Crippen LogP contribution in [0.25, 0.3) is 0 Å². The Bertz CT molecular complexity index is 144. The summed E-state index contributed by atoms with van der Waals surface area (Å²) in [6.07, 6.45) is 1.05. The molecule has 0 aliphatic carbocycles. The Morgan fingerprint density at radius 2 is 1.87 bits per heavy atom. The lowest BCUT2D eigenvalue weighted by Crippen LogP contribution is -2.50. The molecule has 4 heteroatoms. The van der Waals surface area contributed by atoms with Crippen molar-refractivity contribution >= 4 is 0 Å². The third-order valence-electron chi connectivity index (χ3n) is 2.15. The Hall–Kier alpha value is -0.160. The molecule has 0 heterocycles. The van der Waals surface area contributed by atoms with Crippen LogP contribution in [-0.2, 0) is 9.47 Å². The van der Waals surface area contributed by atoms with Crippen LogP contribution in [0.3, 0.4) is 0 Å². The number of nitrogens with one attached hydrogen (secondary N) is 1. The number of aliphatic hydroxyl groups excluding tert-OH is 1. The molecule has 92 valence electrons. The third-order valence-corrected chi connectivity index (χ3v) is 2.15. The monoisotopic (exact) mass is 219 g/mol. The van der Waals surface area contributed by atoms with Gasteiger partial charge in [-0.2, -0.15) is 0 Å². The zero-order chi connectivity index (χ0) is 11.6. The van der Waals surface area contributed by atoms with E-state index in [1.165, 1.54) is 0 Å². The molecule has 0 radical (unpaired) electrons. The Balaban J connectivity index is 3.58. The molecule has 0 aromatic heterocycles. The Kier molecular flexibility index (Phi) is 9.00. The summed E-state index contributed by atoms with van der Waals surface area (Å²) in [4.78, 5) is 0. The standard InChI is InChI=1S/C11H25NO3/c1-4-6-12-11(3,9-13)10-15-8-7-14-5-2/h12-13H,4-10H2,1-3H3. The molecule has 1 atom stereocenters. The summed E-state index contributed by atoms with van der Waals surface area (Å²) < 4.78 is 10.6. The fourth-order valence-electron chi connectivity index (χ4n) is 1.14. The summed E-state index contributed by atoms with van der Waals surface area (Å²) in [7, 11) is 0. The van der Waals surface area contributed by atoms with Crippen molar-refractivity contribution in [1.82, 2.24) is 5.32 Å². The normalized spacial score (nSPS) is 15.2. The van der Waals surface area contributed by atoms with E-state index in [0.29, 0.717) is 26.4 Å². The number of ether oxygens (including phenoxy) is 2. The first-order valence-electron chi connectivity index (χ1n) is 5.70. The van der Waals surface area contributed by atoms with E-state index in [1.807, 2.05) is 13.8 Å². The molecule has 0 aromatic carbocycles. The minimum absolute atomic E-state index is 0.0850. The van der Waals surface area contributed by atoms with E-state index in [4.69, 9.17) is 9.47 Å². The van der Waals surface area contributed by atoms with Gasteiger partial charge in [0.05, 0.1) is 32.0 Å². The first-order chi connectivity index (χ1) is 7.18. The fourth-order valence-corrected chi connectivity index (χ4v) is 1.14. The lowest BCUT2D eigenvalue weighted by Gasteiger charge is -2.28. The number of aliphatic hydroxyl groups is 1. The Morgan fingerprint density at radius 3 is 2.40 bits per heavy atom. The lowest BCUT2D eigenvalue weighted by molar-refractivity contribution is 0.0110. The van der Waals surface area contributed by atoms with Crippen molar-refractivity contribution < 1.29 is 14.6 Å². The van der Waals surface area contributed by atoms with Crippen molar-refractivity contribution in [3.63, 3.8) is 0 Å². The predicted octanol–water partition coefficient (Wildman–Crippen LogP) is 0.790. The van der Waals surface area contributed by atoms with Crippen LogP contribution in [0.15, 0.2) is 0 Å².